The molecule has 0 atom stereocenters. The van der Waals surface area contributed by atoms with Crippen molar-refractivity contribution in [2.45, 2.75) is 51.9 Å². The molecule has 126 valence electrons. The Bertz CT molecular complexity index is 508. The smallest absolute Gasteiger partial charge is 0.341 e. The van der Waals surface area contributed by atoms with Crippen molar-refractivity contribution in [3.8, 4) is 5.75 Å². The van der Waals surface area contributed by atoms with Crippen LogP contribution in [0.2, 0.25) is 0 Å². The molecule has 0 aromatic heterocycles. The minimum Gasteiger partial charge on any atom is -0.462 e. The van der Waals surface area contributed by atoms with Gasteiger partial charge in [0.2, 0.25) is 0 Å². The summed E-state index contributed by atoms with van der Waals surface area (Å²) in [6.45, 7) is 5.40. The fourth-order valence-corrected chi connectivity index (χ4v) is 2.22. The third kappa shape index (κ3) is 8.19. The van der Waals surface area contributed by atoms with E-state index in [1.54, 1.807) is 24.3 Å². The molecule has 0 radical (unpaired) electrons. The molecule has 0 saturated heterocycles. The van der Waals surface area contributed by atoms with Gasteiger partial charge in [0.25, 0.3) is 0 Å². The number of para-hydroxylation sites is 1. The average molecular weight is 318 g/mol. The maximum Gasteiger partial charge on any atom is 0.341 e. The fraction of sp³-hybridized carbons (Fsp3) is 0.474. The summed E-state index contributed by atoms with van der Waals surface area (Å²) in [5, 5.41) is 0. The first-order chi connectivity index (χ1) is 11.1. The van der Waals surface area contributed by atoms with Crippen LogP contribution in [0, 0.1) is 0 Å². The Kier molecular flexibility index (Phi) is 9.45. The standard InChI is InChI=1S/C19H26O4/c1-3-4-5-6-7-8-9-12-15-22-19(21)17-13-10-11-14-18(17)23-16(2)20/h3,10-11,13-14H,1,4-9,12,15H2,2H3. The van der Waals surface area contributed by atoms with E-state index in [1.165, 1.54) is 26.2 Å². The van der Waals surface area contributed by atoms with Gasteiger partial charge in [0.15, 0.2) is 0 Å². The number of esters is 2. The van der Waals surface area contributed by atoms with E-state index >= 15 is 0 Å². The predicted octanol–water partition coefficient (Wildman–Crippen LogP) is 4.69. The summed E-state index contributed by atoms with van der Waals surface area (Å²) in [6.07, 6.45) is 9.71. The number of hydrogen-bond acceptors (Lipinski definition) is 4. The molecule has 4 nitrogen and oxygen atoms in total. The van der Waals surface area contributed by atoms with E-state index in [2.05, 4.69) is 6.58 Å². The molecular formula is C19H26O4. The van der Waals surface area contributed by atoms with Crippen LogP contribution in [-0.4, -0.2) is 18.5 Å². The molecule has 0 spiro atoms. The number of rotatable bonds is 11. The van der Waals surface area contributed by atoms with Crippen molar-refractivity contribution in [2.24, 2.45) is 0 Å². The van der Waals surface area contributed by atoms with Crippen molar-refractivity contribution in [1.29, 1.82) is 0 Å². The van der Waals surface area contributed by atoms with Gasteiger partial charge in [-0.1, -0.05) is 43.9 Å². The van der Waals surface area contributed by atoms with Crippen LogP contribution in [0.25, 0.3) is 0 Å². The lowest BCUT2D eigenvalue weighted by atomic mass is 10.1. The zero-order chi connectivity index (χ0) is 16.9. The zero-order valence-electron chi connectivity index (χ0n) is 13.9. The Morgan fingerprint density at radius 3 is 2.39 bits per heavy atom. The maximum absolute atomic E-state index is 12.0. The summed E-state index contributed by atoms with van der Waals surface area (Å²) >= 11 is 0. The van der Waals surface area contributed by atoms with Gasteiger partial charge in [-0.25, -0.2) is 4.79 Å². The van der Waals surface area contributed by atoms with Crippen LogP contribution in [0.4, 0.5) is 0 Å². The molecule has 0 unspecified atom stereocenters. The molecule has 0 amide bonds. The number of allylic oxidation sites excluding steroid dienone is 1. The second kappa shape index (κ2) is 11.5. The summed E-state index contributed by atoms with van der Waals surface area (Å²) in [6, 6.07) is 6.61. The number of benzene rings is 1. The highest BCUT2D eigenvalue weighted by atomic mass is 16.5. The Hall–Kier alpha value is -2.10. The third-order valence-corrected chi connectivity index (χ3v) is 3.40. The molecule has 0 aliphatic rings. The van der Waals surface area contributed by atoms with Crippen molar-refractivity contribution in [3.63, 3.8) is 0 Å². The first kappa shape index (κ1) is 18.9. The van der Waals surface area contributed by atoms with Gasteiger partial charge in [-0.05, 0) is 31.4 Å². The van der Waals surface area contributed by atoms with Gasteiger partial charge < -0.3 is 9.47 Å². The first-order valence-corrected chi connectivity index (χ1v) is 8.20. The molecule has 1 aromatic carbocycles. The van der Waals surface area contributed by atoms with Crippen molar-refractivity contribution in [2.75, 3.05) is 6.61 Å². The van der Waals surface area contributed by atoms with Gasteiger partial charge in [0.05, 0.1) is 6.61 Å². The van der Waals surface area contributed by atoms with Crippen LogP contribution in [0.3, 0.4) is 0 Å². The second-order valence-corrected chi connectivity index (χ2v) is 5.42. The molecule has 0 heterocycles. The van der Waals surface area contributed by atoms with Crippen LogP contribution in [-0.2, 0) is 9.53 Å². The molecular weight excluding hydrogens is 292 g/mol. The number of ether oxygens (including phenoxy) is 2. The van der Waals surface area contributed by atoms with Gasteiger partial charge in [-0.15, -0.1) is 6.58 Å². The Morgan fingerprint density at radius 1 is 1.04 bits per heavy atom. The summed E-state index contributed by atoms with van der Waals surface area (Å²) in [5.74, 6) is -0.665. The monoisotopic (exact) mass is 318 g/mol. The van der Waals surface area contributed by atoms with Crippen LogP contribution in [0.15, 0.2) is 36.9 Å². The number of hydrogen-bond donors (Lipinski definition) is 0. The van der Waals surface area contributed by atoms with Crippen molar-refractivity contribution >= 4 is 11.9 Å². The minimum atomic E-state index is -0.457. The highest BCUT2D eigenvalue weighted by Gasteiger charge is 2.14. The molecule has 0 bridgehead atoms. The van der Waals surface area contributed by atoms with Crippen LogP contribution >= 0.6 is 0 Å². The summed E-state index contributed by atoms with van der Waals surface area (Å²) in [7, 11) is 0. The molecule has 0 aliphatic carbocycles. The molecule has 4 heteroatoms. The number of carbonyl (C=O) groups excluding carboxylic acids is 2. The first-order valence-electron chi connectivity index (χ1n) is 8.20. The van der Waals surface area contributed by atoms with E-state index in [0.717, 1.165) is 25.7 Å². The molecule has 0 N–H and O–H groups in total. The van der Waals surface area contributed by atoms with E-state index in [9.17, 15) is 9.59 Å². The topological polar surface area (TPSA) is 52.6 Å². The largest absolute Gasteiger partial charge is 0.462 e. The maximum atomic E-state index is 12.0. The lowest BCUT2D eigenvalue weighted by Crippen LogP contribution is -2.11. The van der Waals surface area contributed by atoms with Gasteiger partial charge >= 0.3 is 11.9 Å². The normalized spacial score (nSPS) is 10.1. The van der Waals surface area contributed by atoms with E-state index in [-0.39, 0.29) is 11.3 Å². The highest BCUT2D eigenvalue weighted by molar-refractivity contribution is 5.93. The van der Waals surface area contributed by atoms with Crippen molar-refractivity contribution < 1.29 is 19.1 Å². The van der Waals surface area contributed by atoms with Gasteiger partial charge in [0.1, 0.15) is 11.3 Å². The Morgan fingerprint density at radius 2 is 1.70 bits per heavy atom. The molecule has 0 fully saturated rings. The van der Waals surface area contributed by atoms with Crippen LogP contribution < -0.4 is 4.74 Å². The number of carbonyl (C=O) groups is 2. The fourth-order valence-electron chi connectivity index (χ4n) is 2.22. The average Bonchev–Trinajstić information content (AvgIpc) is 2.53. The second-order valence-electron chi connectivity index (χ2n) is 5.42. The predicted molar refractivity (Wildman–Crippen MR) is 90.5 cm³/mol. The molecule has 0 saturated carbocycles. The lowest BCUT2D eigenvalue weighted by Gasteiger charge is -2.09. The zero-order valence-corrected chi connectivity index (χ0v) is 13.9. The van der Waals surface area contributed by atoms with E-state index in [4.69, 9.17) is 9.47 Å². The number of unbranched alkanes of at least 4 members (excludes halogenated alkanes) is 6. The Balaban J connectivity index is 2.24. The van der Waals surface area contributed by atoms with E-state index in [0.29, 0.717) is 6.61 Å². The summed E-state index contributed by atoms with van der Waals surface area (Å²) in [5.41, 5.74) is 0.284. The summed E-state index contributed by atoms with van der Waals surface area (Å²) in [4.78, 5) is 23.1. The van der Waals surface area contributed by atoms with Crippen LogP contribution in [0.1, 0.15) is 62.2 Å². The summed E-state index contributed by atoms with van der Waals surface area (Å²) < 4.78 is 10.3. The van der Waals surface area contributed by atoms with Gasteiger partial charge in [0, 0.05) is 6.92 Å². The third-order valence-electron chi connectivity index (χ3n) is 3.40. The van der Waals surface area contributed by atoms with Gasteiger partial charge in [-0.3, -0.25) is 4.79 Å². The van der Waals surface area contributed by atoms with Crippen LogP contribution in [0.5, 0.6) is 5.75 Å². The SMILES string of the molecule is C=CCCCCCCCCOC(=O)c1ccccc1OC(C)=O. The van der Waals surface area contributed by atoms with Crippen molar-refractivity contribution in [1.82, 2.24) is 0 Å². The quantitative estimate of drug-likeness (QED) is 0.257. The Labute approximate surface area is 138 Å². The molecule has 23 heavy (non-hydrogen) atoms. The lowest BCUT2D eigenvalue weighted by molar-refractivity contribution is -0.131. The van der Waals surface area contributed by atoms with Gasteiger partial charge in [-0.2, -0.15) is 0 Å². The van der Waals surface area contributed by atoms with E-state index < -0.39 is 11.9 Å². The highest BCUT2D eigenvalue weighted by Crippen LogP contribution is 2.19. The van der Waals surface area contributed by atoms with E-state index in [1.807, 2.05) is 6.08 Å². The molecule has 0 aliphatic heterocycles. The minimum absolute atomic E-state index is 0.243. The molecule has 1 aromatic rings. The molecule has 1 rings (SSSR count). The van der Waals surface area contributed by atoms with Crippen molar-refractivity contribution in [3.05, 3.63) is 42.5 Å².